The number of fused-ring (bicyclic) bond motifs is 1. The molecule has 31 heavy (non-hydrogen) atoms. The fraction of sp³-hybridized carbons (Fsp3) is 0.524. The first-order valence-electron chi connectivity index (χ1n) is 10.3. The molecule has 1 saturated heterocycles. The lowest BCUT2D eigenvalue weighted by atomic mass is 10.1. The van der Waals surface area contributed by atoms with Gasteiger partial charge in [0, 0.05) is 32.2 Å². The van der Waals surface area contributed by atoms with Crippen LogP contribution in [0.15, 0.2) is 35.1 Å². The summed E-state index contributed by atoms with van der Waals surface area (Å²) in [5, 5.41) is 0. The number of methoxy groups -OCH3 is 1. The Balaban J connectivity index is 1.66. The molecule has 0 unspecified atom stereocenters. The van der Waals surface area contributed by atoms with E-state index in [0.717, 1.165) is 5.56 Å². The van der Waals surface area contributed by atoms with Gasteiger partial charge in [0.05, 0.1) is 20.3 Å². The normalized spacial score (nSPS) is 19.3. The van der Waals surface area contributed by atoms with E-state index in [2.05, 4.69) is 4.98 Å². The molecule has 1 fully saturated rings. The Bertz CT molecular complexity index is 956. The molecule has 2 aliphatic heterocycles. The number of aromatic nitrogens is 2. The first-order valence-corrected chi connectivity index (χ1v) is 10.3. The molecule has 0 bridgehead atoms. The molecule has 0 amide bonds. The van der Waals surface area contributed by atoms with E-state index >= 15 is 0 Å². The second kappa shape index (κ2) is 8.78. The van der Waals surface area contributed by atoms with Crippen LogP contribution in [-0.4, -0.2) is 61.7 Å². The molecule has 4 rings (SSSR count). The van der Waals surface area contributed by atoms with Gasteiger partial charge in [-0.05, 0) is 30.5 Å². The number of anilines is 2. The van der Waals surface area contributed by atoms with Crippen LogP contribution in [0.25, 0.3) is 0 Å². The highest BCUT2D eigenvalue weighted by Gasteiger charge is 2.46. The van der Waals surface area contributed by atoms with Crippen molar-refractivity contribution in [3.63, 3.8) is 0 Å². The van der Waals surface area contributed by atoms with E-state index in [4.69, 9.17) is 9.47 Å². The third kappa shape index (κ3) is 4.63. The predicted octanol–water partition coefficient (Wildman–Crippen LogP) is 2.47. The molecule has 1 aromatic heterocycles. The van der Waals surface area contributed by atoms with Gasteiger partial charge in [-0.2, -0.15) is 18.2 Å². The molecule has 2 aliphatic rings. The average Bonchev–Trinajstić information content (AvgIpc) is 2.77. The van der Waals surface area contributed by atoms with Crippen molar-refractivity contribution in [3.05, 3.63) is 46.2 Å². The molecule has 0 saturated carbocycles. The van der Waals surface area contributed by atoms with Crippen molar-refractivity contribution in [2.24, 2.45) is 0 Å². The van der Waals surface area contributed by atoms with E-state index in [1.54, 1.807) is 19.2 Å². The predicted molar refractivity (Wildman–Crippen MR) is 110 cm³/mol. The van der Waals surface area contributed by atoms with Crippen LogP contribution in [0.1, 0.15) is 12.0 Å². The molecule has 0 N–H and O–H groups in total. The molecule has 0 radical (unpaired) electrons. The van der Waals surface area contributed by atoms with Gasteiger partial charge in [-0.1, -0.05) is 12.1 Å². The van der Waals surface area contributed by atoms with E-state index in [9.17, 15) is 18.0 Å². The fourth-order valence-electron chi connectivity index (χ4n) is 4.05. The first-order chi connectivity index (χ1) is 14.9. The molecule has 1 aromatic carbocycles. The minimum atomic E-state index is -4.42. The van der Waals surface area contributed by atoms with Gasteiger partial charge in [0.2, 0.25) is 5.95 Å². The number of morpholine rings is 1. The van der Waals surface area contributed by atoms with Crippen LogP contribution in [0.4, 0.5) is 24.9 Å². The summed E-state index contributed by atoms with van der Waals surface area (Å²) < 4.78 is 53.4. The Morgan fingerprint density at radius 2 is 1.87 bits per heavy atom. The number of benzene rings is 1. The van der Waals surface area contributed by atoms with Crippen LogP contribution in [0.2, 0.25) is 0 Å². The third-order valence-corrected chi connectivity index (χ3v) is 5.75. The van der Waals surface area contributed by atoms with Crippen molar-refractivity contribution in [1.29, 1.82) is 0 Å². The number of rotatable bonds is 5. The van der Waals surface area contributed by atoms with Crippen LogP contribution in [0.3, 0.4) is 0 Å². The van der Waals surface area contributed by atoms with Crippen molar-refractivity contribution in [3.8, 4) is 5.75 Å². The summed E-state index contributed by atoms with van der Waals surface area (Å²) in [6, 6.07) is 6.94. The van der Waals surface area contributed by atoms with E-state index in [0.29, 0.717) is 44.3 Å². The molecular formula is C21H25F3N4O3. The smallest absolute Gasteiger partial charge is 0.408 e. The van der Waals surface area contributed by atoms with Gasteiger partial charge in [0.25, 0.3) is 5.56 Å². The van der Waals surface area contributed by atoms with E-state index in [-0.39, 0.29) is 31.0 Å². The second-order valence-electron chi connectivity index (χ2n) is 7.64. The molecular weight excluding hydrogens is 413 g/mol. The molecule has 1 atom stereocenters. The molecule has 0 spiro atoms. The maximum absolute atomic E-state index is 13.9. The van der Waals surface area contributed by atoms with Crippen LogP contribution in [-0.2, 0) is 17.7 Å². The Morgan fingerprint density at radius 1 is 1.16 bits per heavy atom. The van der Waals surface area contributed by atoms with Crippen LogP contribution in [0.5, 0.6) is 5.75 Å². The molecule has 10 heteroatoms. The molecule has 7 nitrogen and oxygen atoms in total. The summed E-state index contributed by atoms with van der Waals surface area (Å²) in [5.41, 5.74) is 0.548. The lowest BCUT2D eigenvalue weighted by Gasteiger charge is -2.39. The van der Waals surface area contributed by atoms with Gasteiger partial charge in [-0.3, -0.25) is 9.36 Å². The Hall–Kier alpha value is -2.75. The first kappa shape index (κ1) is 21.5. The van der Waals surface area contributed by atoms with Gasteiger partial charge in [-0.15, -0.1) is 0 Å². The number of nitrogens with zero attached hydrogens (tertiary/aromatic N) is 4. The molecule has 2 aromatic rings. The highest BCUT2D eigenvalue weighted by molar-refractivity contribution is 5.47. The summed E-state index contributed by atoms with van der Waals surface area (Å²) in [4.78, 5) is 20.4. The number of ether oxygens (including phenoxy) is 2. The van der Waals surface area contributed by atoms with Crippen LogP contribution >= 0.6 is 0 Å². The van der Waals surface area contributed by atoms with Gasteiger partial charge >= 0.3 is 6.18 Å². The number of hydrogen-bond donors (Lipinski definition) is 0. The summed E-state index contributed by atoms with van der Waals surface area (Å²) in [5.74, 6) is 1.16. The quantitative estimate of drug-likeness (QED) is 0.715. The van der Waals surface area contributed by atoms with Crippen LogP contribution in [0, 0.1) is 0 Å². The monoisotopic (exact) mass is 438 g/mol. The number of halogens is 3. The van der Waals surface area contributed by atoms with Crippen molar-refractivity contribution in [2.45, 2.75) is 31.6 Å². The zero-order valence-corrected chi connectivity index (χ0v) is 17.3. The number of alkyl halides is 3. The Labute approximate surface area is 178 Å². The lowest BCUT2D eigenvalue weighted by Crippen LogP contribution is -2.53. The lowest BCUT2D eigenvalue weighted by molar-refractivity contribution is -0.152. The van der Waals surface area contributed by atoms with Crippen molar-refractivity contribution >= 4 is 11.8 Å². The van der Waals surface area contributed by atoms with E-state index in [1.807, 2.05) is 17.0 Å². The van der Waals surface area contributed by atoms with Gasteiger partial charge in [0.15, 0.2) is 0 Å². The average molecular weight is 438 g/mol. The number of hydrogen-bond acceptors (Lipinski definition) is 6. The van der Waals surface area contributed by atoms with Gasteiger partial charge in [0.1, 0.15) is 17.6 Å². The zero-order chi connectivity index (χ0) is 22.0. The topological polar surface area (TPSA) is 59.8 Å². The minimum absolute atomic E-state index is 0.00618. The molecule has 3 heterocycles. The molecule has 168 valence electrons. The van der Waals surface area contributed by atoms with Crippen molar-refractivity contribution < 1.29 is 22.6 Å². The standard InChI is InChI=1S/C21H25F3N4O3/c1-30-16-4-2-15(3-5-16)6-8-27-17(21(22,23)24)7-9-28-19(29)14-18(25-20(27)28)26-10-12-31-13-11-26/h2-5,14,17H,6-13H2,1H3/t17-/m1/s1. The third-order valence-electron chi connectivity index (χ3n) is 5.75. The SMILES string of the molecule is COc1ccc(CCN2c3nc(N4CCOCC4)cc(=O)n3CC[C@@H]2C(F)(F)F)cc1. The summed E-state index contributed by atoms with van der Waals surface area (Å²) >= 11 is 0. The molecule has 0 aliphatic carbocycles. The van der Waals surface area contributed by atoms with Crippen molar-refractivity contribution in [2.75, 3.05) is 49.8 Å². The Morgan fingerprint density at radius 3 is 2.52 bits per heavy atom. The van der Waals surface area contributed by atoms with Crippen LogP contribution < -0.4 is 20.1 Å². The highest BCUT2D eigenvalue weighted by Crippen LogP contribution is 2.34. The van der Waals surface area contributed by atoms with Gasteiger partial charge in [-0.25, -0.2) is 0 Å². The summed E-state index contributed by atoms with van der Waals surface area (Å²) in [6.45, 7) is 2.16. The summed E-state index contributed by atoms with van der Waals surface area (Å²) in [7, 11) is 1.56. The zero-order valence-electron chi connectivity index (χ0n) is 17.3. The minimum Gasteiger partial charge on any atom is -0.497 e. The summed E-state index contributed by atoms with van der Waals surface area (Å²) in [6.07, 6.45) is -4.22. The second-order valence-corrected chi connectivity index (χ2v) is 7.64. The van der Waals surface area contributed by atoms with E-state index in [1.165, 1.54) is 15.5 Å². The van der Waals surface area contributed by atoms with Gasteiger partial charge < -0.3 is 19.3 Å². The maximum atomic E-state index is 13.9. The largest absolute Gasteiger partial charge is 0.497 e. The highest BCUT2D eigenvalue weighted by atomic mass is 19.4. The fourth-order valence-corrected chi connectivity index (χ4v) is 4.05. The van der Waals surface area contributed by atoms with E-state index < -0.39 is 12.2 Å². The Kier molecular flexibility index (Phi) is 6.08. The maximum Gasteiger partial charge on any atom is 0.408 e. The van der Waals surface area contributed by atoms with Crippen molar-refractivity contribution in [1.82, 2.24) is 9.55 Å².